The molecule has 5 heteroatoms. The summed E-state index contributed by atoms with van der Waals surface area (Å²) in [4.78, 5) is 16.2. The number of aromatic nitrogens is 1. The van der Waals surface area contributed by atoms with Crippen LogP contribution >= 0.6 is 11.6 Å². The molecule has 3 rings (SSSR count). The fourth-order valence-corrected chi connectivity index (χ4v) is 8.72. The summed E-state index contributed by atoms with van der Waals surface area (Å²) in [7, 11) is -2.53. The normalized spacial score (nSPS) is 11.5. The lowest BCUT2D eigenvalue weighted by Crippen LogP contribution is -2.66. The third kappa shape index (κ3) is 5.36. The highest BCUT2D eigenvalue weighted by Crippen LogP contribution is 2.36. The van der Waals surface area contributed by atoms with Crippen molar-refractivity contribution in [3.8, 4) is 11.8 Å². The summed E-state index contributed by atoms with van der Waals surface area (Å²) in [6, 6.07) is 24.4. The second-order valence-electron chi connectivity index (χ2n) is 8.59. The Bertz CT molecular complexity index is 1060. The molecule has 0 saturated heterocycles. The van der Waals surface area contributed by atoms with Crippen LogP contribution in [0.3, 0.4) is 0 Å². The zero-order chi connectivity index (χ0) is 23.0. The maximum Gasteiger partial charge on any atom is 0.261 e. The molecule has 1 heterocycles. The maximum atomic E-state index is 12.2. The van der Waals surface area contributed by atoms with Gasteiger partial charge in [-0.1, -0.05) is 99.0 Å². The van der Waals surface area contributed by atoms with Crippen LogP contribution in [0.2, 0.25) is 10.2 Å². The van der Waals surface area contributed by atoms with Crippen molar-refractivity contribution in [1.82, 2.24) is 4.98 Å². The van der Waals surface area contributed by atoms with Crippen LogP contribution in [0.15, 0.2) is 79.0 Å². The van der Waals surface area contributed by atoms with E-state index in [4.69, 9.17) is 16.0 Å². The number of hydrogen-bond donors (Lipinski definition) is 0. The Morgan fingerprint density at radius 1 is 0.969 bits per heavy atom. The molecule has 0 saturated carbocycles. The SMILES string of the molecule is CC(C)(C)[Si](OCCCC#CC(=O)c1cccnc1Cl)(c1ccccc1)c1ccccc1. The highest BCUT2D eigenvalue weighted by Gasteiger charge is 2.49. The van der Waals surface area contributed by atoms with Gasteiger partial charge in [0.15, 0.2) is 0 Å². The first kappa shape index (κ1) is 23.9. The minimum Gasteiger partial charge on any atom is -0.407 e. The number of benzene rings is 2. The summed E-state index contributed by atoms with van der Waals surface area (Å²) in [6.07, 6.45) is 2.86. The molecule has 164 valence electrons. The highest BCUT2D eigenvalue weighted by atomic mass is 35.5. The Morgan fingerprint density at radius 3 is 2.09 bits per heavy atom. The number of nitrogens with zero attached hydrogens (tertiary/aromatic N) is 1. The van der Waals surface area contributed by atoms with Crippen LogP contribution in [0.25, 0.3) is 0 Å². The molecular formula is C27H28ClNO2Si. The lowest BCUT2D eigenvalue weighted by atomic mass is 10.2. The summed E-state index contributed by atoms with van der Waals surface area (Å²) < 4.78 is 6.83. The van der Waals surface area contributed by atoms with Crippen molar-refractivity contribution in [3.05, 3.63) is 89.7 Å². The van der Waals surface area contributed by atoms with E-state index in [2.05, 4.69) is 86.1 Å². The first-order valence-electron chi connectivity index (χ1n) is 10.7. The molecular weight excluding hydrogens is 434 g/mol. The Labute approximate surface area is 196 Å². The van der Waals surface area contributed by atoms with Crippen molar-refractivity contribution in [3.63, 3.8) is 0 Å². The number of pyridine rings is 1. The molecule has 0 aliphatic heterocycles. The van der Waals surface area contributed by atoms with Gasteiger partial charge in [-0.2, -0.15) is 0 Å². The fraction of sp³-hybridized carbons (Fsp3) is 0.259. The van der Waals surface area contributed by atoms with Crippen molar-refractivity contribution < 1.29 is 9.22 Å². The standard InChI is InChI=1S/C27H28ClNO2Si/c1-27(2,3)32(22-14-7-4-8-15-22,23-16-9-5-10-17-23)31-21-12-6-11-19-25(30)24-18-13-20-29-26(24)28/h4-5,7-10,13-18,20H,6,12,21H2,1-3H3. The Balaban J connectivity index is 1.75. The van der Waals surface area contributed by atoms with Gasteiger partial charge in [-0.25, -0.2) is 4.98 Å². The van der Waals surface area contributed by atoms with E-state index in [0.29, 0.717) is 18.6 Å². The Morgan fingerprint density at radius 2 is 1.56 bits per heavy atom. The van der Waals surface area contributed by atoms with E-state index >= 15 is 0 Å². The van der Waals surface area contributed by atoms with Gasteiger partial charge in [-0.3, -0.25) is 4.79 Å². The van der Waals surface area contributed by atoms with E-state index in [0.717, 1.165) is 6.42 Å². The summed E-state index contributed by atoms with van der Waals surface area (Å²) in [5.74, 6) is 5.33. The van der Waals surface area contributed by atoms with Gasteiger partial charge >= 0.3 is 0 Å². The zero-order valence-electron chi connectivity index (χ0n) is 18.8. The Hall–Kier alpha value is -2.71. The van der Waals surface area contributed by atoms with Crippen LogP contribution in [-0.4, -0.2) is 25.7 Å². The third-order valence-corrected chi connectivity index (χ3v) is 10.7. The number of carbonyl (C=O) groups excluding carboxylic acids is 1. The second-order valence-corrected chi connectivity index (χ2v) is 13.3. The minimum absolute atomic E-state index is 0.0611. The number of halogens is 1. The van der Waals surface area contributed by atoms with Crippen LogP contribution in [0.1, 0.15) is 44.0 Å². The van der Waals surface area contributed by atoms with Crippen molar-refractivity contribution in [1.29, 1.82) is 0 Å². The summed E-state index contributed by atoms with van der Waals surface area (Å²) in [5, 5.41) is 2.63. The van der Waals surface area contributed by atoms with Gasteiger partial charge in [-0.05, 0) is 39.9 Å². The van der Waals surface area contributed by atoms with Gasteiger partial charge in [0.2, 0.25) is 5.78 Å². The van der Waals surface area contributed by atoms with Crippen molar-refractivity contribution in [2.24, 2.45) is 0 Å². The van der Waals surface area contributed by atoms with Crippen LogP contribution in [0, 0.1) is 11.8 Å². The predicted octanol–water partition coefficient (Wildman–Crippen LogP) is 5.28. The molecule has 0 radical (unpaired) electrons. The van der Waals surface area contributed by atoms with Gasteiger partial charge in [0.05, 0.1) is 5.56 Å². The largest absolute Gasteiger partial charge is 0.407 e. The lowest BCUT2D eigenvalue weighted by molar-refractivity contribution is 0.105. The molecule has 0 aliphatic carbocycles. The topological polar surface area (TPSA) is 39.2 Å². The molecule has 0 unspecified atom stereocenters. The molecule has 3 nitrogen and oxygen atoms in total. The lowest BCUT2D eigenvalue weighted by Gasteiger charge is -2.43. The highest BCUT2D eigenvalue weighted by molar-refractivity contribution is 6.99. The monoisotopic (exact) mass is 461 g/mol. The third-order valence-electron chi connectivity index (χ3n) is 5.39. The molecule has 0 fully saturated rings. The van der Waals surface area contributed by atoms with Crippen LogP contribution in [0.5, 0.6) is 0 Å². The maximum absolute atomic E-state index is 12.2. The average Bonchev–Trinajstić information content (AvgIpc) is 2.79. The molecule has 0 amide bonds. The molecule has 0 bridgehead atoms. The van der Waals surface area contributed by atoms with Crippen molar-refractivity contribution in [2.75, 3.05) is 6.61 Å². The molecule has 0 spiro atoms. The van der Waals surface area contributed by atoms with Crippen molar-refractivity contribution in [2.45, 2.75) is 38.7 Å². The van der Waals surface area contributed by atoms with E-state index in [1.807, 2.05) is 12.1 Å². The summed E-state index contributed by atoms with van der Waals surface area (Å²) in [5.41, 5.74) is 0.338. The van der Waals surface area contributed by atoms with Gasteiger partial charge in [-0.15, -0.1) is 0 Å². The average molecular weight is 462 g/mol. The molecule has 0 N–H and O–H groups in total. The molecule has 3 aromatic rings. The smallest absolute Gasteiger partial charge is 0.261 e. The molecule has 32 heavy (non-hydrogen) atoms. The number of unbranched alkanes of at least 4 members (excludes halogenated alkanes) is 1. The predicted molar refractivity (Wildman–Crippen MR) is 134 cm³/mol. The van der Waals surface area contributed by atoms with Crippen LogP contribution in [0.4, 0.5) is 0 Å². The molecule has 2 aromatic carbocycles. The molecule has 0 aliphatic rings. The summed E-state index contributed by atoms with van der Waals surface area (Å²) in [6.45, 7) is 7.35. The van der Waals surface area contributed by atoms with Gasteiger partial charge in [0.25, 0.3) is 8.32 Å². The quantitative estimate of drug-likeness (QED) is 0.120. The number of ketones is 1. The number of hydrogen-bond acceptors (Lipinski definition) is 3. The van der Waals surface area contributed by atoms with E-state index in [1.165, 1.54) is 10.4 Å². The molecule has 1 aromatic heterocycles. The second kappa shape index (κ2) is 10.7. The van der Waals surface area contributed by atoms with Crippen molar-refractivity contribution >= 4 is 36.1 Å². The number of rotatable bonds is 7. The van der Waals surface area contributed by atoms with Crippen LogP contribution < -0.4 is 10.4 Å². The fourth-order valence-electron chi connectivity index (χ4n) is 3.91. The first-order valence-corrected chi connectivity index (χ1v) is 13.0. The first-order chi connectivity index (χ1) is 15.4. The van der Waals surface area contributed by atoms with E-state index < -0.39 is 8.32 Å². The van der Waals surface area contributed by atoms with Gasteiger partial charge < -0.3 is 4.43 Å². The molecule has 0 atom stereocenters. The Kier molecular flexibility index (Phi) is 8.03. The van der Waals surface area contributed by atoms with Gasteiger partial charge in [0.1, 0.15) is 5.15 Å². The van der Waals surface area contributed by atoms with E-state index in [-0.39, 0.29) is 16.0 Å². The number of carbonyl (C=O) groups is 1. The zero-order valence-corrected chi connectivity index (χ0v) is 20.5. The van der Waals surface area contributed by atoms with Crippen LogP contribution in [-0.2, 0) is 4.43 Å². The van der Waals surface area contributed by atoms with Gasteiger partial charge in [0, 0.05) is 19.2 Å². The summed E-state index contributed by atoms with van der Waals surface area (Å²) >= 11 is 5.98. The van der Waals surface area contributed by atoms with E-state index in [9.17, 15) is 4.79 Å². The number of Topliss-reactive ketones (excluding diaryl/α,β-unsaturated/α-hetero) is 1. The van der Waals surface area contributed by atoms with E-state index in [1.54, 1.807) is 18.3 Å². The minimum atomic E-state index is -2.53.